The fourth-order valence-corrected chi connectivity index (χ4v) is 2.64. The van der Waals surface area contributed by atoms with Crippen LogP contribution in [0, 0.1) is 6.92 Å². The molecule has 19 heavy (non-hydrogen) atoms. The smallest absolute Gasteiger partial charge is 0.154 e. The molecule has 1 aliphatic heterocycles. The van der Waals surface area contributed by atoms with Crippen molar-refractivity contribution < 1.29 is 14.3 Å². The number of nitrogens with zero attached hydrogens (tertiary/aromatic N) is 1. The number of ketones is 1. The van der Waals surface area contributed by atoms with Crippen LogP contribution in [-0.4, -0.2) is 45.0 Å². The van der Waals surface area contributed by atoms with Crippen LogP contribution < -0.4 is 9.47 Å². The Morgan fingerprint density at radius 3 is 2.47 bits per heavy atom. The Bertz CT molecular complexity index is 485. The molecule has 1 heterocycles. The fourth-order valence-electron chi connectivity index (χ4n) is 2.64. The molecular formula is C15H21NO3. The third-order valence-corrected chi connectivity index (χ3v) is 3.74. The summed E-state index contributed by atoms with van der Waals surface area (Å²) in [6.07, 6.45) is 0.831. The Balaban J connectivity index is 2.40. The second kappa shape index (κ2) is 5.61. The molecular weight excluding hydrogens is 242 g/mol. The lowest BCUT2D eigenvalue weighted by atomic mass is 9.87. The number of aryl methyl sites for hydroxylation is 1. The first kappa shape index (κ1) is 13.9. The molecule has 2 rings (SSSR count). The summed E-state index contributed by atoms with van der Waals surface area (Å²) in [6, 6.07) is 3.89. The van der Waals surface area contributed by atoms with Crippen LogP contribution in [0.25, 0.3) is 0 Å². The van der Waals surface area contributed by atoms with Crippen molar-refractivity contribution in [3.63, 3.8) is 0 Å². The maximum absolute atomic E-state index is 12.2. The van der Waals surface area contributed by atoms with E-state index in [0.717, 1.165) is 35.6 Å². The predicted molar refractivity (Wildman–Crippen MR) is 74.1 cm³/mol. The Morgan fingerprint density at radius 2 is 1.89 bits per heavy atom. The van der Waals surface area contributed by atoms with Gasteiger partial charge in [-0.05, 0) is 44.6 Å². The van der Waals surface area contributed by atoms with Crippen LogP contribution in [0.3, 0.4) is 0 Å². The number of ether oxygens (including phenoxy) is 2. The molecule has 104 valence electrons. The van der Waals surface area contributed by atoms with Gasteiger partial charge in [0, 0.05) is 11.5 Å². The Labute approximate surface area is 114 Å². The minimum Gasteiger partial charge on any atom is -0.496 e. The Morgan fingerprint density at radius 1 is 1.21 bits per heavy atom. The molecule has 1 aromatic rings. The van der Waals surface area contributed by atoms with Crippen LogP contribution in [0.5, 0.6) is 11.5 Å². The van der Waals surface area contributed by atoms with E-state index >= 15 is 0 Å². The number of methoxy groups -OCH3 is 2. The SMILES string of the molecule is COc1cc(C2CCN(C)CC2=O)c(OC)cc1C. The summed E-state index contributed by atoms with van der Waals surface area (Å²) in [5.41, 5.74) is 1.96. The van der Waals surface area contributed by atoms with Crippen molar-refractivity contribution in [3.05, 3.63) is 23.3 Å². The number of piperidine rings is 1. The van der Waals surface area contributed by atoms with E-state index in [1.54, 1.807) is 14.2 Å². The average molecular weight is 263 g/mol. The molecule has 0 amide bonds. The van der Waals surface area contributed by atoms with Gasteiger partial charge < -0.3 is 9.47 Å². The summed E-state index contributed by atoms with van der Waals surface area (Å²) < 4.78 is 10.8. The van der Waals surface area contributed by atoms with Crippen molar-refractivity contribution in [1.82, 2.24) is 4.90 Å². The van der Waals surface area contributed by atoms with Crippen LogP contribution in [0.1, 0.15) is 23.5 Å². The first-order valence-corrected chi connectivity index (χ1v) is 6.50. The maximum Gasteiger partial charge on any atom is 0.154 e. The molecule has 0 aromatic heterocycles. The molecule has 0 spiro atoms. The summed E-state index contributed by atoms with van der Waals surface area (Å²) in [7, 11) is 5.26. The zero-order chi connectivity index (χ0) is 14.0. The monoisotopic (exact) mass is 263 g/mol. The van der Waals surface area contributed by atoms with Crippen LogP contribution in [0.2, 0.25) is 0 Å². The molecule has 1 saturated heterocycles. The number of hydrogen-bond acceptors (Lipinski definition) is 4. The van der Waals surface area contributed by atoms with Gasteiger partial charge in [-0.1, -0.05) is 0 Å². The van der Waals surface area contributed by atoms with Gasteiger partial charge in [-0.3, -0.25) is 9.69 Å². The highest BCUT2D eigenvalue weighted by Crippen LogP contribution is 2.36. The minimum atomic E-state index is -0.0827. The molecule has 1 aliphatic rings. The van der Waals surface area contributed by atoms with Crippen LogP contribution in [0.4, 0.5) is 0 Å². The van der Waals surface area contributed by atoms with Gasteiger partial charge in [0.2, 0.25) is 0 Å². The first-order valence-electron chi connectivity index (χ1n) is 6.50. The summed E-state index contributed by atoms with van der Waals surface area (Å²) in [5, 5.41) is 0. The second-order valence-corrected chi connectivity index (χ2v) is 5.11. The van der Waals surface area contributed by atoms with E-state index in [4.69, 9.17) is 9.47 Å². The predicted octanol–water partition coefficient (Wildman–Crippen LogP) is 2.00. The van der Waals surface area contributed by atoms with Gasteiger partial charge in [-0.2, -0.15) is 0 Å². The number of hydrogen-bond donors (Lipinski definition) is 0. The highest BCUT2D eigenvalue weighted by molar-refractivity contribution is 5.89. The number of likely N-dealkylation sites (N-methyl/N-ethyl adjacent to an activating group) is 1. The van der Waals surface area contributed by atoms with Gasteiger partial charge in [0.15, 0.2) is 5.78 Å². The average Bonchev–Trinajstić information content (AvgIpc) is 2.39. The Kier molecular flexibility index (Phi) is 4.10. The number of likely N-dealkylation sites (tertiary alicyclic amines) is 1. The topological polar surface area (TPSA) is 38.8 Å². The van der Waals surface area contributed by atoms with Gasteiger partial charge >= 0.3 is 0 Å². The lowest BCUT2D eigenvalue weighted by Crippen LogP contribution is -2.37. The molecule has 1 fully saturated rings. The van der Waals surface area contributed by atoms with Crippen molar-refractivity contribution >= 4 is 5.78 Å². The molecule has 1 aromatic carbocycles. The molecule has 4 nitrogen and oxygen atoms in total. The van der Waals surface area contributed by atoms with Gasteiger partial charge in [0.1, 0.15) is 11.5 Å². The van der Waals surface area contributed by atoms with Crippen LogP contribution in [-0.2, 0) is 4.79 Å². The lowest BCUT2D eigenvalue weighted by molar-refractivity contribution is -0.123. The summed E-state index contributed by atoms with van der Waals surface area (Å²) in [4.78, 5) is 14.3. The molecule has 0 radical (unpaired) electrons. The highest BCUT2D eigenvalue weighted by Gasteiger charge is 2.29. The summed E-state index contributed by atoms with van der Waals surface area (Å²) in [6.45, 7) is 3.40. The van der Waals surface area contributed by atoms with Crippen molar-refractivity contribution in [2.24, 2.45) is 0 Å². The lowest BCUT2D eigenvalue weighted by Gasteiger charge is -2.29. The van der Waals surface area contributed by atoms with Crippen LogP contribution in [0.15, 0.2) is 12.1 Å². The number of Topliss-reactive ketones (excluding diaryl/α,β-unsaturated/α-hetero) is 1. The van der Waals surface area contributed by atoms with E-state index in [-0.39, 0.29) is 11.7 Å². The zero-order valence-electron chi connectivity index (χ0n) is 12.0. The molecule has 0 bridgehead atoms. The molecule has 1 unspecified atom stereocenters. The zero-order valence-corrected chi connectivity index (χ0v) is 12.0. The molecule has 0 saturated carbocycles. The first-order chi connectivity index (χ1) is 9.06. The molecule has 0 aliphatic carbocycles. The van der Waals surface area contributed by atoms with E-state index < -0.39 is 0 Å². The van der Waals surface area contributed by atoms with Crippen molar-refractivity contribution in [2.45, 2.75) is 19.3 Å². The summed E-state index contributed by atoms with van der Waals surface area (Å²) in [5.74, 6) is 1.75. The van der Waals surface area contributed by atoms with Crippen molar-refractivity contribution in [1.29, 1.82) is 0 Å². The highest BCUT2D eigenvalue weighted by atomic mass is 16.5. The van der Waals surface area contributed by atoms with E-state index in [1.165, 1.54) is 0 Å². The number of rotatable bonds is 3. The third kappa shape index (κ3) is 2.73. The van der Waals surface area contributed by atoms with Crippen molar-refractivity contribution in [3.8, 4) is 11.5 Å². The molecule has 0 N–H and O–H groups in total. The van der Waals surface area contributed by atoms with Gasteiger partial charge in [-0.25, -0.2) is 0 Å². The van der Waals surface area contributed by atoms with Crippen molar-refractivity contribution in [2.75, 3.05) is 34.4 Å². The van der Waals surface area contributed by atoms with E-state index in [9.17, 15) is 4.79 Å². The van der Waals surface area contributed by atoms with E-state index in [2.05, 4.69) is 4.90 Å². The quantitative estimate of drug-likeness (QED) is 0.836. The van der Waals surface area contributed by atoms with Gasteiger partial charge in [-0.15, -0.1) is 0 Å². The fraction of sp³-hybridized carbons (Fsp3) is 0.533. The largest absolute Gasteiger partial charge is 0.496 e. The number of carbonyl (C=O) groups excluding carboxylic acids is 1. The standard InChI is InChI=1S/C15H21NO3/c1-10-7-15(19-4)12(8-14(10)18-3)11-5-6-16(2)9-13(11)17/h7-8,11H,5-6,9H2,1-4H3. The minimum absolute atomic E-state index is 0.0827. The van der Waals surface area contributed by atoms with Gasteiger partial charge in [0.05, 0.1) is 20.8 Å². The second-order valence-electron chi connectivity index (χ2n) is 5.11. The third-order valence-electron chi connectivity index (χ3n) is 3.74. The molecule has 4 heteroatoms. The van der Waals surface area contributed by atoms with E-state index in [0.29, 0.717) is 6.54 Å². The van der Waals surface area contributed by atoms with E-state index in [1.807, 2.05) is 26.1 Å². The normalized spacial score (nSPS) is 20.4. The Hall–Kier alpha value is -1.55. The number of carbonyl (C=O) groups is 1. The van der Waals surface area contributed by atoms with Crippen LogP contribution >= 0.6 is 0 Å². The molecule has 1 atom stereocenters. The maximum atomic E-state index is 12.2. The summed E-state index contributed by atoms with van der Waals surface area (Å²) >= 11 is 0. The number of benzene rings is 1. The van der Waals surface area contributed by atoms with Gasteiger partial charge in [0.25, 0.3) is 0 Å².